The van der Waals surface area contributed by atoms with Gasteiger partial charge < -0.3 is 19.5 Å². The lowest BCUT2D eigenvalue weighted by atomic mass is 10.2. The number of esters is 1. The zero-order chi connectivity index (χ0) is 15.7. The summed E-state index contributed by atoms with van der Waals surface area (Å²) in [4.78, 5) is 11.3. The van der Waals surface area contributed by atoms with Crippen molar-refractivity contribution in [3.63, 3.8) is 0 Å². The molecule has 5 heteroatoms. The van der Waals surface area contributed by atoms with Crippen LogP contribution in [-0.2, 0) is 9.53 Å². The van der Waals surface area contributed by atoms with Gasteiger partial charge in [-0.15, -0.1) is 0 Å². The van der Waals surface area contributed by atoms with E-state index in [1.54, 1.807) is 13.0 Å². The van der Waals surface area contributed by atoms with E-state index in [4.69, 9.17) is 9.47 Å². The number of carbonyl (C=O) groups is 1. The summed E-state index contributed by atoms with van der Waals surface area (Å²) in [6.45, 7) is 7.27. The molecule has 0 aromatic heterocycles. The highest BCUT2D eigenvalue weighted by Crippen LogP contribution is 2.30. The zero-order valence-electron chi connectivity index (χ0n) is 13.1. The van der Waals surface area contributed by atoms with Crippen molar-refractivity contribution >= 4 is 11.7 Å². The molecule has 0 unspecified atom stereocenters. The summed E-state index contributed by atoms with van der Waals surface area (Å²) in [6.07, 6.45) is 1.78. The molecule has 1 aromatic carbocycles. The first-order chi connectivity index (χ1) is 10.1. The minimum absolute atomic E-state index is 0.321. The summed E-state index contributed by atoms with van der Waals surface area (Å²) in [5.74, 6) is 1.11. The normalized spacial score (nSPS) is 11.0. The molecule has 21 heavy (non-hydrogen) atoms. The van der Waals surface area contributed by atoms with Gasteiger partial charge in [0, 0.05) is 23.9 Å². The molecule has 0 heterocycles. The molecule has 1 rings (SSSR count). The van der Waals surface area contributed by atoms with E-state index < -0.39 is 0 Å². The van der Waals surface area contributed by atoms with Crippen LogP contribution < -0.4 is 14.8 Å². The van der Waals surface area contributed by atoms with E-state index >= 15 is 0 Å². The van der Waals surface area contributed by atoms with Gasteiger partial charge in [0.25, 0.3) is 0 Å². The first kappa shape index (κ1) is 16.9. The van der Waals surface area contributed by atoms with Gasteiger partial charge in [-0.25, -0.2) is 4.79 Å². The topological polar surface area (TPSA) is 56.8 Å². The molecule has 1 N–H and O–H groups in total. The Hall–Kier alpha value is -2.17. The Balaban J connectivity index is 2.71. The standard InChI is InChI=1S/C16H23NO4/c1-5-20-14-8-7-13(11-15(14)21-6-2)17-10-9-12(3)16(18)19-4/h7-9,11,17H,5-6,10H2,1-4H3/b12-9-. The molecule has 116 valence electrons. The van der Waals surface area contributed by atoms with Crippen LogP contribution in [0.2, 0.25) is 0 Å². The highest BCUT2D eigenvalue weighted by Gasteiger charge is 2.06. The molecule has 0 saturated heterocycles. The fourth-order valence-corrected chi connectivity index (χ4v) is 1.73. The molecule has 0 fully saturated rings. The van der Waals surface area contributed by atoms with Crippen LogP contribution in [-0.4, -0.2) is 32.8 Å². The van der Waals surface area contributed by atoms with Crippen LogP contribution in [0.25, 0.3) is 0 Å². The minimum atomic E-state index is -0.321. The number of hydrogen-bond acceptors (Lipinski definition) is 5. The van der Waals surface area contributed by atoms with Crippen molar-refractivity contribution in [1.82, 2.24) is 0 Å². The molecule has 0 radical (unpaired) electrons. The second-order valence-electron chi connectivity index (χ2n) is 4.29. The van der Waals surface area contributed by atoms with Crippen LogP contribution in [0, 0.1) is 0 Å². The van der Waals surface area contributed by atoms with E-state index in [2.05, 4.69) is 10.1 Å². The number of hydrogen-bond donors (Lipinski definition) is 1. The quantitative estimate of drug-likeness (QED) is 0.590. The average molecular weight is 293 g/mol. The van der Waals surface area contributed by atoms with Crippen LogP contribution in [0.1, 0.15) is 20.8 Å². The van der Waals surface area contributed by atoms with E-state index in [1.807, 2.05) is 32.0 Å². The average Bonchev–Trinajstić information content (AvgIpc) is 2.49. The molecule has 5 nitrogen and oxygen atoms in total. The maximum atomic E-state index is 11.3. The molecule has 0 aliphatic carbocycles. The van der Waals surface area contributed by atoms with Crippen LogP contribution in [0.15, 0.2) is 29.8 Å². The smallest absolute Gasteiger partial charge is 0.333 e. The first-order valence-corrected chi connectivity index (χ1v) is 7.00. The van der Waals surface area contributed by atoms with E-state index in [9.17, 15) is 4.79 Å². The molecular weight excluding hydrogens is 270 g/mol. The van der Waals surface area contributed by atoms with Gasteiger partial charge in [-0.3, -0.25) is 0 Å². The molecular formula is C16H23NO4. The molecule has 0 saturated carbocycles. The van der Waals surface area contributed by atoms with Gasteiger partial charge in [0.1, 0.15) is 0 Å². The summed E-state index contributed by atoms with van der Waals surface area (Å²) in [5, 5.41) is 3.20. The molecule has 0 aliphatic rings. The predicted molar refractivity (Wildman–Crippen MR) is 83.0 cm³/mol. The second kappa shape index (κ2) is 8.89. The van der Waals surface area contributed by atoms with Gasteiger partial charge in [0.2, 0.25) is 0 Å². The van der Waals surface area contributed by atoms with Gasteiger partial charge in [-0.2, -0.15) is 0 Å². The lowest BCUT2D eigenvalue weighted by Crippen LogP contribution is -2.06. The van der Waals surface area contributed by atoms with Gasteiger partial charge >= 0.3 is 5.97 Å². The monoisotopic (exact) mass is 293 g/mol. The van der Waals surface area contributed by atoms with Gasteiger partial charge in [-0.1, -0.05) is 6.08 Å². The van der Waals surface area contributed by atoms with E-state index in [0.717, 1.165) is 11.4 Å². The molecule has 0 amide bonds. The van der Waals surface area contributed by atoms with Gasteiger partial charge in [0.05, 0.1) is 20.3 Å². The minimum Gasteiger partial charge on any atom is -0.490 e. The van der Waals surface area contributed by atoms with Crippen LogP contribution in [0.5, 0.6) is 11.5 Å². The fourth-order valence-electron chi connectivity index (χ4n) is 1.73. The Morgan fingerprint density at radius 3 is 2.48 bits per heavy atom. The summed E-state index contributed by atoms with van der Waals surface area (Å²) in [6, 6.07) is 5.67. The summed E-state index contributed by atoms with van der Waals surface area (Å²) >= 11 is 0. The van der Waals surface area contributed by atoms with Crippen molar-refractivity contribution in [1.29, 1.82) is 0 Å². The van der Waals surface area contributed by atoms with Crippen LogP contribution in [0.4, 0.5) is 5.69 Å². The molecule has 0 atom stereocenters. The van der Waals surface area contributed by atoms with Gasteiger partial charge in [-0.05, 0) is 32.9 Å². The number of carbonyl (C=O) groups excluding carboxylic acids is 1. The Kier molecular flexibility index (Phi) is 7.15. The van der Waals surface area contributed by atoms with E-state index in [0.29, 0.717) is 31.1 Å². The van der Waals surface area contributed by atoms with Crippen molar-refractivity contribution in [2.45, 2.75) is 20.8 Å². The molecule has 0 spiro atoms. The summed E-state index contributed by atoms with van der Waals surface area (Å²) < 4.78 is 15.7. The van der Waals surface area contributed by atoms with E-state index in [-0.39, 0.29) is 5.97 Å². The summed E-state index contributed by atoms with van der Waals surface area (Å²) in [7, 11) is 1.37. The highest BCUT2D eigenvalue weighted by molar-refractivity contribution is 5.87. The van der Waals surface area contributed by atoms with Crippen LogP contribution >= 0.6 is 0 Å². The maximum absolute atomic E-state index is 11.3. The number of rotatable bonds is 8. The predicted octanol–water partition coefficient (Wildman–Crippen LogP) is 3.02. The Bertz CT molecular complexity index is 497. The SMILES string of the molecule is CCOc1ccc(NC/C=C(/C)C(=O)OC)cc1OCC. The Labute approximate surface area is 125 Å². The number of ether oxygens (including phenoxy) is 3. The second-order valence-corrected chi connectivity index (χ2v) is 4.29. The third-order valence-electron chi connectivity index (χ3n) is 2.77. The molecule has 0 bridgehead atoms. The van der Waals surface area contributed by atoms with E-state index in [1.165, 1.54) is 7.11 Å². The largest absolute Gasteiger partial charge is 0.490 e. The lowest BCUT2D eigenvalue weighted by molar-refractivity contribution is -0.136. The maximum Gasteiger partial charge on any atom is 0.333 e. The zero-order valence-corrected chi connectivity index (χ0v) is 13.1. The van der Waals surface area contributed by atoms with Crippen molar-refractivity contribution < 1.29 is 19.0 Å². The van der Waals surface area contributed by atoms with Crippen molar-refractivity contribution in [3.8, 4) is 11.5 Å². The third-order valence-corrected chi connectivity index (χ3v) is 2.77. The summed E-state index contributed by atoms with van der Waals surface area (Å²) in [5.41, 5.74) is 1.47. The Morgan fingerprint density at radius 1 is 1.19 bits per heavy atom. The van der Waals surface area contributed by atoms with Crippen molar-refractivity contribution in [3.05, 3.63) is 29.8 Å². The highest BCUT2D eigenvalue weighted by atomic mass is 16.5. The van der Waals surface area contributed by atoms with Crippen molar-refractivity contribution in [2.24, 2.45) is 0 Å². The van der Waals surface area contributed by atoms with Gasteiger partial charge in [0.15, 0.2) is 11.5 Å². The molecule has 1 aromatic rings. The number of anilines is 1. The Morgan fingerprint density at radius 2 is 1.86 bits per heavy atom. The first-order valence-electron chi connectivity index (χ1n) is 7.00. The van der Waals surface area contributed by atoms with Crippen LogP contribution in [0.3, 0.4) is 0 Å². The molecule has 0 aliphatic heterocycles. The number of benzene rings is 1. The lowest BCUT2D eigenvalue weighted by Gasteiger charge is -2.13. The third kappa shape index (κ3) is 5.38. The number of methoxy groups -OCH3 is 1. The van der Waals surface area contributed by atoms with Crippen molar-refractivity contribution in [2.75, 3.05) is 32.2 Å². The number of nitrogens with one attached hydrogen (secondary N) is 1. The fraction of sp³-hybridized carbons (Fsp3) is 0.438.